The third-order valence-corrected chi connectivity index (χ3v) is 12.8. The number of aromatic nitrogens is 4. The van der Waals surface area contributed by atoms with Crippen LogP contribution in [0.25, 0.3) is 76.7 Å². The number of thiophene rings is 2. The number of hydrogen-bond donors (Lipinski definition) is 0. The lowest BCUT2D eigenvalue weighted by Crippen LogP contribution is -2.10. The molecule has 0 fully saturated rings. The van der Waals surface area contributed by atoms with Crippen molar-refractivity contribution >= 4 is 99.4 Å². The van der Waals surface area contributed by atoms with Crippen molar-refractivity contribution in [2.75, 3.05) is 9.80 Å². The third kappa shape index (κ3) is 6.55. The molecule has 0 aliphatic heterocycles. The van der Waals surface area contributed by atoms with Gasteiger partial charge in [-0.05, 0) is 178 Å². The second kappa shape index (κ2) is 15.0. The summed E-state index contributed by atoms with van der Waals surface area (Å²) in [6, 6.07) is 59.4. The highest BCUT2D eigenvalue weighted by Crippen LogP contribution is 2.41. The van der Waals surface area contributed by atoms with E-state index in [0.29, 0.717) is 23.2 Å². The van der Waals surface area contributed by atoms with E-state index in [9.17, 15) is 0 Å². The maximum Gasteiger partial charge on any atom is 0.247 e. The fourth-order valence-corrected chi connectivity index (χ4v) is 9.52. The van der Waals surface area contributed by atoms with Crippen molar-refractivity contribution in [3.05, 3.63) is 193 Å². The standard InChI is InChI=1S/C52H32N6O2S2/c1-3-45-51(53-27-1)59-49(55-45)35-9-17-41(18-10-35)57(43-21-23-47-37(31-43)25-29-61-47)39-13-5-33(6-14-39)34-7-15-40(16-8-34)58(44-22-24-48-38(32-44)26-30-62-48)42-19-11-36(12-20-42)50-56-46-4-2-28-54-52(46)60-50/h1-32H. The molecule has 0 aliphatic carbocycles. The molecule has 0 radical (unpaired) electrons. The number of nitrogens with zero attached hydrogens (tertiary/aromatic N) is 6. The summed E-state index contributed by atoms with van der Waals surface area (Å²) in [6.07, 6.45) is 3.43. The number of hydrogen-bond acceptors (Lipinski definition) is 10. The molecule has 0 atom stereocenters. The second-order valence-corrected chi connectivity index (χ2v) is 16.7. The molecule has 0 amide bonds. The number of anilines is 6. The highest BCUT2D eigenvalue weighted by atomic mass is 32.1. The summed E-state index contributed by atoms with van der Waals surface area (Å²) in [6.45, 7) is 0. The molecule has 12 aromatic rings. The van der Waals surface area contributed by atoms with E-state index in [0.717, 1.165) is 67.4 Å². The van der Waals surface area contributed by atoms with E-state index in [2.05, 4.69) is 186 Å². The largest absolute Gasteiger partial charge is 0.418 e. The summed E-state index contributed by atoms with van der Waals surface area (Å²) in [5, 5.41) is 6.70. The van der Waals surface area contributed by atoms with Crippen LogP contribution in [0.2, 0.25) is 0 Å². The van der Waals surface area contributed by atoms with Crippen LogP contribution >= 0.6 is 22.7 Å². The Morgan fingerprint density at radius 2 is 0.742 bits per heavy atom. The van der Waals surface area contributed by atoms with Gasteiger partial charge in [-0.3, -0.25) is 0 Å². The lowest BCUT2D eigenvalue weighted by molar-refractivity contribution is 0.607. The molecule has 12 rings (SSSR count). The van der Waals surface area contributed by atoms with Gasteiger partial charge in [0, 0.05) is 67.0 Å². The Morgan fingerprint density at radius 3 is 1.13 bits per heavy atom. The van der Waals surface area contributed by atoms with Crippen LogP contribution in [0.1, 0.15) is 0 Å². The fourth-order valence-electron chi connectivity index (χ4n) is 7.98. The molecule has 0 saturated heterocycles. The summed E-state index contributed by atoms with van der Waals surface area (Å²) in [5.74, 6) is 1.09. The van der Waals surface area contributed by atoms with Gasteiger partial charge in [0.2, 0.25) is 23.2 Å². The summed E-state index contributed by atoms with van der Waals surface area (Å²) < 4.78 is 14.5. The normalized spacial score (nSPS) is 11.5. The Morgan fingerprint density at radius 1 is 0.371 bits per heavy atom. The van der Waals surface area contributed by atoms with E-state index in [1.54, 1.807) is 35.1 Å². The molecule has 8 nitrogen and oxygen atoms in total. The number of rotatable bonds is 9. The topological polar surface area (TPSA) is 84.3 Å². The average Bonchev–Trinajstić information content (AvgIpc) is 4.16. The molecule has 294 valence electrons. The van der Waals surface area contributed by atoms with Crippen LogP contribution in [-0.4, -0.2) is 19.9 Å². The molecule has 6 heterocycles. The van der Waals surface area contributed by atoms with Crippen molar-refractivity contribution in [1.29, 1.82) is 0 Å². The van der Waals surface area contributed by atoms with E-state index < -0.39 is 0 Å². The first kappa shape index (κ1) is 36.0. The summed E-state index contributed by atoms with van der Waals surface area (Å²) in [4.78, 5) is 22.5. The first-order chi connectivity index (χ1) is 30.7. The molecule has 62 heavy (non-hydrogen) atoms. The number of pyridine rings is 2. The zero-order valence-corrected chi connectivity index (χ0v) is 34.4. The van der Waals surface area contributed by atoms with Crippen LogP contribution < -0.4 is 9.80 Å². The lowest BCUT2D eigenvalue weighted by Gasteiger charge is -2.26. The summed E-state index contributed by atoms with van der Waals surface area (Å²) in [5.41, 5.74) is 12.8. The molecule has 0 N–H and O–H groups in total. The van der Waals surface area contributed by atoms with Gasteiger partial charge in [-0.25, -0.2) is 19.9 Å². The number of oxazole rings is 2. The van der Waals surface area contributed by atoms with E-state index in [1.807, 2.05) is 24.3 Å². The molecule has 0 bridgehead atoms. The van der Waals surface area contributed by atoms with E-state index in [1.165, 1.54) is 20.2 Å². The minimum atomic E-state index is 0.530. The Bertz CT molecular complexity index is 3230. The first-order valence-electron chi connectivity index (χ1n) is 20.1. The van der Waals surface area contributed by atoms with Crippen molar-refractivity contribution < 1.29 is 8.83 Å². The number of benzene rings is 6. The SMILES string of the molecule is c1cnc2oc(-c3ccc(N(c4ccc(-c5ccc(N(c6ccc(-c7nc8cccnc8o7)cc6)c6ccc7sccc7c6)cc5)cc4)c4ccc5sccc5c4)cc3)nc2c1. The minimum absolute atomic E-state index is 0.530. The van der Waals surface area contributed by atoms with Crippen molar-refractivity contribution in [2.45, 2.75) is 0 Å². The predicted octanol–water partition coefficient (Wildman–Crippen LogP) is 15.1. The molecular formula is C52H32N6O2S2. The Hall–Kier alpha value is -7.92. The van der Waals surface area contributed by atoms with Crippen LogP contribution in [-0.2, 0) is 0 Å². The van der Waals surface area contributed by atoms with Crippen LogP contribution in [0.3, 0.4) is 0 Å². The molecule has 0 aliphatic rings. The van der Waals surface area contributed by atoms with E-state index in [-0.39, 0.29) is 0 Å². The van der Waals surface area contributed by atoms with Crippen LogP contribution in [0.15, 0.2) is 202 Å². The monoisotopic (exact) mass is 836 g/mol. The molecule has 6 aromatic heterocycles. The maximum atomic E-state index is 5.98. The van der Waals surface area contributed by atoms with Crippen molar-refractivity contribution in [1.82, 2.24) is 19.9 Å². The zero-order valence-electron chi connectivity index (χ0n) is 32.8. The van der Waals surface area contributed by atoms with Gasteiger partial charge in [-0.2, -0.15) is 0 Å². The van der Waals surface area contributed by atoms with Gasteiger partial charge in [0.25, 0.3) is 0 Å². The van der Waals surface area contributed by atoms with Gasteiger partial charge in [0.15, 0.2) is 0 Å². The highest BCUT2D eigenvalue weighted by molar-refractivity contribution is 7.17. The fraction of sp³-hybridized carbons (Fsp3) is 0. The molecule has 0 spiro atoms. The molecular weight excluding hydrogens is 805 g/mol. The average molecular weight is 837 g/mol. The quantitative estimate of drug-likeness (QED) is 0.142. The van der Waals surface area contributed by atoms with Crippen LogP contribution in [0.5, 0.6) is 0 Å². The smallest absolute Gasteiger partial charge is 0.247 e. The number of fused-ring (bicyclic) bond motifs is 4. The second-order valence-electron chi connectivity index (χ2n) is 14.8. The lowest BCUT2D eigenvalue weighted by atomic mass is 10.0. The van der Waals surface area contributed by atoms with E-state index >= 15 is 0 Å². The predicted molar refractivity (Wildman–Crippen MR) is 254 cm³/mol. The van der Waals surface area contributed by atoms with Gasteiger partial charge in [-0.15, -0.1) is 22.7 Å². The zero-order chi connectivity index (χ0) is 41.0. The minimum Gasteiger partial charge on any atom is -0.418 e. The first-order valence-corrected chi connectivity index (χ1v) is 21.8. The van der Waals surface area contributed by atoms with Crippen molar-refractivity contribution in [2.24, 2.45) is 0 Å². The Balaban J connectivity index is 0.863. The van der Waals surface area contributed by atoms with Gasteiger partial charge < -0.3 is 18.6 Å². The highest BCUT2D eigenvalue weighted by Gasteiger charge is 2.18. The molecule has 10 heteroatoms. The van der Waals surface area contributed by atoms with Gasteiger partial charge in [0.05, 0.1) is 0 Å². The molecule has 0 saturated carbocycles. The summed E-state index contributed by atoms with van der Waals surface area (Å²) >= 11 is 3.50. The van der Waals surface area contributed by atoms with Crippen molar-refractivity contribution in [3.63, 3.8) is 0 Å². The molecule has 6 aromatic carbocycles. The van der Waals surface area contributed by atoms with Gasteiger partial charge >= 0.3 is 0 Å². The van der Waals surface area contributed by atoms with Gasteiger partial charge in [0.1, 0.15) is 11.0 Å². The Labute approximate surface area is 363 Å². The third-order valence-electron chi connectivity index (χ3n) is 11.1. The summed E-state index contributed by atoms with van der Waals surface area (Å²) in [7, 11) is 0. The van der Waals surface area contributed by atoms with E-state index in [4.69, 9.17) is 8.83 Å². The Kier molecular flexibility index (Phi) is 8.68. The maximum absolute atomic E-state index is 5.98. The van der Waals surface area contributed by atoms with Crippen LogP contribution in [0, 0.1) is 0 Å². The van der Waals surface area contributed by atoms with Gasteiger partial charge in [-0.1, -0.05) is 24.3 Å². The molecule has 0 unspecified atom stereocenters. The van der Waals surface area contributed by atoms with Crippen molar-refractivity contribution in [3.8, 4) is 34.0 Å². The van der Waals surface area contributed by atoms with Crippen LogP contribution in [0.4, 0.5) is 34.1 Å².